The highest BCUT2D eigenvalue weighted by molar-refractivity contribution is 6.33. The molecule has 0 spiro atoms. The standard InChI is InChI=1S/C10H10ClFN2/c1-10(2,5-13)6-3-7(11)9(14)4-8(6)12/h3-4H,14H2,1-2H3. The predicted octanol–water partition coefficient (Wildman–Crippen LogP) is 2.86. The molecule has 0 aliphatic heterocycles. The summed E-state index contributed by atoms with van der Waals surface area (Å²) in [4.78, 5) is 0. The van der Waals surface area contributed by atoms with Gasteiger partial charge in [0.1, 0.15) is 5.82 Å². The van der Waals surface area contributed by atoms with E-state index in [1.165, 1.54) is 6.07 Å². The minimum atomic E-state index is -0.901. The molecule has 0 aromatic heterocycles. The minimum absolute atomic E-state index is 0.182. The SMILES string of the molecule is CC(C)(C#N)c1cc(Cl)c(N)cc1F. The second-order valence-corrected chi connectivity index (χ2v) is 4.00. The molecule has 1 rings (SSSR count). The van der Waals surface area contributed by atoms with Crippen LogP contribution in [0.4, 0.5) is 10.1 Å². The van der Waals surface area contributed by atoms with Gasteiger partial charge in [0.05, 0.1) is 22.2 Å². The summed E-state index contributed by atoms with van der Waals surface area (Å²) in [5, 5.41) is 9.11. The molecular weight excluding hydrogens is 203 g/mol. The van der Waals surface area contributed by atoms with Crippen LogP contribution in [0.1, 0.15) is 19.4 Å². The summed E-state index contributed by atoms with van der Waals surface area (Å²) in [5.41, 5.74) is 4.96. The van der Waals surface area contributed by atoms with Gasteiger partial charge in [-0.05, 0) is 26.0 Å². The predicted molar refractivity (Wildman–Crippen MR) is 54.5 cm³/mol. The lowest BCUT2D eigenvalue weighted by atomic mass is 9.86. The maximum atomic E-state index is 13.4. The van der Waals surface area contributed by atoms with Crippen LogP contribution in [0.25, 0.3) is 0 Å². The van der Waals surface area contributed by atoms with Crippen molar-refractivity contribution in [1.29, 1.82) is 5.26 Å². The van der Waals surface area contributed by atoms with Crippen molar-refractivity contribution in [2.75, 3.05) is 5.73 Å². The first-order chi connectivity index (χ1) is 6.38. The van der Waals surface area contributed by atoms with E-state index in [0.717, 1.165) is 6.07 Å². The van der Waals surface area contributed by atoms with E-state index >= 15 is 0 Å². The lowest BCUT2D eigenvalue weighted by molar-refractivity contribution is 0.565. The third-order valence-corrected chi connectivity index (χ3v) is 2.37. The summed E-state index contributed by atoms with van der Waals surface area (Å²) in [6.07, 6.45) is 0. The molecule has 0 radical (unpaired) electrons. The lowest BCUT2D eigenvalue weighted by Crippen LogP contribution is -2.16. The van der Waals surface area contributed by atoms with Crippen molar-refractivity contribution in [2.45, 2.75) is 19.3 Å². The van der Waals surface area contributed by atoms with E-state index in [9.17, 15) is 4.39 Å². The van der Waals surface area contributed by atoms with Gasteiger partial charge in [0.15, 0.2) is 0 Å². The van der Waals surface area contributed by atoms with Crippen molar-refractivity contribution in [1.82, 2.24) is 0 Å². The van der Waals surface area contributed by atoms with Crippen LogP contribution < -0.4 is 5.73 Å². The minimum Gasteiger partial charge on any atom is -0.397 e. The summed E-state index contributed by atoms with van der Waals surface area (Å²) >= 11 is 5.75. The molecule has 0 atom stereocenters. The molecule has 2 nitrogen and oxygen atoms in total. The van der Waals surface area contributed by atoms with Crippen LogP contribution in [-0.2, 0) is 5.41 Å². The van der Waals surface area contributed by atoms with E-state index in [1.54, 1.807) is 13.8 Å². The normalized spacial score (nSPS) is 11.1. The highest BCUT2D eigenvalue weighted by Crippen LogP contribution is 2.30. The number of nitrogens with two attached hydrogens (primary N) is 1. The summed E-state index contributed by atoms with van der Waals surface area (Å²) in [6, 6.07) is 4.54. The van der Waals surface area contributed by atoms with Crippen molar-refractivity contribution in [3.8, 4) is 6.07 Å². The number of hydrogen-bond donors (Lipinski definition) is 1. The van der Waals surface area contributed by atoms with Gasteiger partial charge in [-0.2, -0.15) is 5.26 Å². The Labute approximate surface area is 87.1 Å². The van der Waals surface area contributed by atoms with E-state index in [1.807, 2.05) is 6.07 Å². The number of hydrogen-bond acceptors (Lipinski definition) is 2. The van der Waals surface area contributed by atoms with Crippen molar-refractivity contribution in [2.24, 2.45) is 0 Å². The maximum absolute atomic E-state index is 13.4. The van der Waals surface area contributed by atoms with Gasteiger partial charge in [-0.1, -0.05) is 11.6 Å². The molecule has 0 unspecified atom stereocenters. The number of rotatable bonds is 1. The number of anilines is 1. The van der Waals surface area contributed by atoms with Gasteiger partial charge in [0.2, 0.25) is 0 Å². The molecule has 1 aromatic carbocycles. The van der Waals surface area contributed by atoms with E-state index in [-0.39, 0.29) is 16.3 Å². The fourth-order valence-corrected chi connectivity index (χ4v) is 1.27. The molecule has 0 aliphatic rings. The number of benzene rings is 1. The van der Waals surface area contributed by atoms with Gasteiger partial charge in [0.25, 0.3) is 0 Å². The van der Waals surface area contributed by atoms with E-state index in [0.29, 0.717) is 0 Å². The number of nitrogen functional groups attached to an aromatic ring is 1. The summed E-state index contributed by atoms with van der Waals surface area (Å²) < 4.78 is 13.4. The number of nitriles is 1. The Kier molecular flexibility index (Phi) is 2.68. The molecule has 0 fully saturated rings. The third kappa shape index (κ3) is 1.80. The topological polar surface area (TPSA) is 49.8 Å². The highest BCUT2D eigenvalue weighted by atomic mass is 35.5. The zero-order chi connectivity index (χ0) is 10.9. The number of halogens is 2. The Morgan fingerprint density at radius 1 is 1.50 bits per heavy atom. The Bertz CT molecular complexity index is 407. The average molecular weight is 213 g/mol. The van der Waals surface area contributed by atoms with Crippen LogP contribution in [0.5, 0.6) is 0 Å². The first-order valence-corrected chi connectivity index (χ1v) is 4.42. The fraction of sp³-hybridized carbons (Fsp3) is 0.300. The molecule has 0 heterocycles. The molecule has 74 valence electrons. The fourth-order valence-electron chi connectivity index (χ4n) is 1.10. The maximum Gasteiger partial charge on any atom is 0.130 e. The molecule has 0 amide bonds. The van der Waals surface area contributed by atoms with Gasteiger partial charge in [-0.25, -0.2) is 4.39 Å². The lowest BCUT2D eigenvalue weighted by Gasteiger charge is -2.17. The molecule has 14 heavy (non-hydrogen) atoms. The van der Waals surface area contributed by atoms with Crippen molar-refractivity contribution >= 4 is 17.3 Å². The molecule has 1 aromatic rings. The van der Waals surface area contributed by atoms with Crippen LogP contribution in [0.2, 0.25) is 5.02 Å². The largest absolute Gasteiger partial charge is 0.397 e. The van der Waals surface area contributed by atoms with Crippen molar-refractivity contribution < 1.29 is 4.39 Å². The monoisotopic (exact) mass is 212 g/mol. The summed E-state index contributed by atoms with van der Waals surface area (Å²) in [5.74, 6) is -0.501. The van der Waals surface area contributed by atoms with E-state index in [2.05, 4.69) is 0 Å². The van der Waals surface area contributed by atoms with Crippen LogP contribution in [0, 0.1) is 17.1 Å². The second kappa shape index (κ2) is 3.47. The second-order valence-electron chi connectivity index (χ2n) is 3.59. The molecule has 2 N–H and O–H groups in total. The van der Waals surface area contributed by atoms with Gasteiger partial charge in [-0.15, -0.1) is 0 Å². The Morgan fingerprint density at radius 2 is 2.07 bits per heavy atom. The average Bonchev–Trinajstić information content (AvgIpc) is 2.11. The van der Waals surface area contributed by atoms with Crippen LogP contribution in [0.3, 0.4) is 0 Å². The van der Waals surface area contributed by atoms with Crippen molar-refractivity contribution in [3.05, 3.63) is 28.5 Å². The zero-order valence-corrected chi connectivity index (χ0v) is 8.69. The Balaban J connectivity index is 3.38. The smallest absolute Gasteiger partial charge is 0.130 e. The van der Waals surface area contributed by atoms with E-state index < -0.39 is 11.2 Å². The quantitative estimate of drug-likeness (QED) is 0.728. The molecule has 0 bridgehead atoms. The molecule has 0 saturated heterocycles. The summed E-state index contributed by atoms with van der Waals surface area (Å²) in [7, 11) is 0. The van der Waals surface area contributed by atoms with Gasteiger partial charge >= 0.3 is 0 Å². The first kappa shape index (κ1) is 10.8. The third-order valence-electron chi connectivity index (χ3n) is 2.04. The highest BCUT2D eigenvalue weighted by Gasteiger charge is 2.24. The first-order valence-electron chi connectivity index (χ1n) is 4.04. The summed E-state index contributed by atoms with van der Waals surface area (Å²) in [6.45, 7) is 3.25. The van der Waals surface area contributed by atoms with Gasteiger partial charge in [0, 0.05) is 5.56 Å². The number of nitrogens with zero attached hydrogens (tertiary/aromatic N) is 1. The Morgan fingerprint density at radius 3 is 2.57 bits per heavy atom. The molecule has 0 aliphatic carbocycles. The Hall–Kier alpha value is -1.27. The van der Waals surface area contributed by atoms with Crippen LogP contribution in [-0.4, -0.2) is 0 Å². The molecule has 0 saturated carbocycles. The van der Waals surface area contributed by atoms with Crippen LogP contribution in [0.15, 0.2) is 12.1 Å². The van der Waals surface area contributed by atoms with Gasteiger partial charge < -0.3 is 5.73 Å². The van der Waals surface area contributed by atoms with Gasteiger partial charge in [-0.3, -0.25) is 0 Å². The molecular formula is C10H10ClFN2. The zero-order valence-electron chi connectivity index (χ0n) is 7.94. The van der Waals surface area contributed by atoms with E-state index in [4.69, 9.17) is 22.6 Å². The van der Waals surface area contributed by atoms with Crippen LogP contribution >= 0.6 is 11.6 Å². The van der Waals surface area contributed by atoms with Crippen molar-refractivity contribution in [3.63, 3.8) is 0 Å². The molecule has 4 heteroatoms.